The summed E-state index contributed by atoms with van der Waals surface area (Å²) in [5.41, 5.74) is 0.154. The second-order valence-electron chi connectivity index (χ2n) is 2.93. The highest BCUT2D eigenvalue weighted by molar-refractivity contribution is 9.10. The Morgan fingerprint density at radius 2 is 2.25 bits per heavy atom. The number of aromatic carboxylic acids is 1. The number of hydrogen-bond donors (Lipinski definition) is 1. The summed E-state index contributed by atoms with van der Waals surface area (Å²) in [5.74, 6) is -1.66. The number of nitrogens with zero attached hydrogens (tertiary/aromatic N) is 3. The summed E-state index contributed by atoms with van der Waals surface area (Å²) in [5, 5.41) is 15.9. The van der Waals surface area contributed by atoms with E-state index in [-0.39, 0.29) is 11.4 Å². The highest BCUT2D eigenvalue weighted by Gasteiger charge is 2.15. The van der Waals surface area contributed by atoms with Gasteiger partial charge in [0.2, 0.25) is 0 Å². The zero-order valence-electron chi connectivity index (χ0n) is 7.76. The summed E-state index contributed by atoms with van der Waals surface area (Å²) < 4.78 is 14.6. The van der Waals surface area contributed by atoms with Crippen molar-refractivity contribution in [3.8, 4) is 5.69 Å². The van der Waals surface area contributed by atoms with Crippen LogP contribution >= 0.6 is 15.9 Å². The van der Waals surface area contributed by atoms with E-state index in [2.05, 4.69) is 26.2 Å². The molecule has 0 aliphatic heterocycles. The van der Waals surface area contributed by atoms with Crippen molar-refractivity contribution in [2.75, 3.05) is 0 Å². The summed E-state index contributed by atoms with van der Waals surface area (Å²) in [6, 6.07) is 3.90. The molecule has 1 heterocycles. The quantitative estimate of drug-likeness (QED) is 0.915. The van der Waals surface area contributed by atoms with Gasteiger partial charge in [-0.1, -0.05) is 5.21 Å². The maximum absolute atomic E-state index is 13.0. The van der Waals surface area contributed by atoms with E-state index in [0.29, 0.717) is 4.47 Å². The summed E-state index contributed by atoms with van der Waals surface area (Å²) in [6.45, 7) is 0. The Morgan fingerprint density at radius 1 is 1.50 bits per heavy atom. The van der Waals surface area contributed by atoms with Crippen molar-refractivity contribution in [2.45, 2.75) is 0 Å². The van der Waals surface area contributed by atoms with Gasteiger partial charge in [0, 0.05) is 10.5 Å². The van der Waals surface area contributed by atoms with Gasteiger partial charge in [-0.15, -0.1) is 5.10 Å². The second kappa shape index (κ2) is 4.01. The van der Waals surface area contributed by atoms with E-state index in [1.807, 2.05) is 0 Å². The van der Waals surface area contributed by atoms with E-state index >= 15 is 0 Å². The summed E-state index contributed by atoms with van der Waals surface area (Å²) >= 11 is 3.19. The smallest absolute Gasteiger partial charge is 0.356 e. The SMILES string of the molecule is O=C(O)c1cnnn1-c1cc(F)ccc1Br. The van der Waals surface area contributed by atoms with Crippen molar-refractivity contribution in [1.82, 2.24) is 15.0 Å². The van der Waals surface area contributed by atoms with Crippen LogP contribution in [0, 0.1) is 5.82 Å². The van der Waals surface area contributed by atoms with Gasteiger partial charge in [0.1, 0.15) is 5.82 Å². The molecule has 1 aromatic heterocycles. The van der Waals surface area contributed by atoms with E-state index in [0.717, 1.165) is 10.9 Å². The number of carboxylic acid groups (broad SMARTS) is 1. The lowest BCUT2D eigenvalue weighted by Crippen LogP contribution is -2.08. The highest BCUT2D eigenvalue weighted by atomic mass is 79.9. The van der Waals surface area contributed by atoms with Gasteiger partial charge >= 0.3 is 5.97 Å². The molecule has 0 aliphatic carbocycles. The van der Waals surface area contributed by atoms with Gasteiger partial charge in [0.05, 0.1) is 11.9 Å². The van der Waals surface area contributed by atoms with Gasteiger partial charge in [-0.2, -0.15) is 0 Å². The lowest BCUT2D eigenvalue weighted by Gasteiger charge is -2.05. The molecule has 0 fully saturated rings. The minimum atomic E-state index is -1.18. The van der Waals surface area contributed by atoms with Crippen molar-refractivity contribution in [1.29, 1.82) is 0 Å². The van der Waals surface area contributed by atoms with Crippen LogP contribution in [0.1, 0.15) is 10.5 Å². The number of benzene rings is 1. The third-order valence-corrected chi connectivity index (χ3v) is 2.58. The monoisotopic (exact) mass is 285 g/mol. The minimum Gasteiger partial charge on any atom is -0.476 e. The van der Waals surface area contributed by atoms with Crippen LogP contribution in [0.4, 0.5) is 4.39 Å². The standard InChI is InChI=1S/C9H5BrFN3O2/c10-6-2-1-5(11)3-7(6)14-8(9(15)16)4-12-13-14/h1-4H,(H,15,16). The zero-order valence-corrected chi connectivity index (χ0v) is 9.35. The number of aromatic nitrogens is 3. The first kappa shape index (κ1) is 10.7. The van der Waals surface area contributed by atoms with Crippen molar-refractivity contribution in [3.63, 3.8) is 0 Å². The van der Waals surface area contributed by atoms with E-state index in [4.69, 9.17) is 5.11 Å². The Labute approximate surface area is 97.6 Å². The van der Waals surface area contributed by atoms with Crippen molar-refractivity contribution >= 4 is 21.9 Å². The van der Waals surface area contributed by atoms with Crippen LogP contribution in [0.2, 0.25) is 0 Å². The molecule has 0 saturated heterocycles. The third kappa shape index (κ3) is 1.81. The zero-order chi connectivity index (χ0) is 11.7. The maximum Gasteiger partial charge on any atom is 0.356 e. The van der Waals surface area contributed by atoms with Crippen molar-refractivity contribution < 1.29 is 14.3 Å². The second-order valence-corrected chi connectivity index (χ2v) is 3.79. The van der Waals surface area contributed by atoms with E-state index < -0.39 is 11.8 Å². The lowest BCUT2D eigenvalue weighted by molar-refractivity contribution is 0.0687. The molecule has 1 N–H and O–H groups in total. The Hall–Kier alpha value is -1.76. The molecule has 2 aromatic rings. The number of rotatable bonds is 2. The normalized spacial score (nSPS) is 10.4. The third-order valence-electron chi connectivity index (χ3n) is 1.90. The van der Waals surface area contributed by atoms with E-state index in [9.17, 15) is 9.18 Å². The molecule has 0 unspecified atom stereocenters. The molecule has 0 spiro atoms. The molecule has 2 rings (SSSR count). The minimum absolute atomic E-state index is 0.133. The Kier molecular flexibility index (Phi) is 2.69. The molecule has 1 aromatic carbocycles. The van der Waals surface area contributed by atoms with E-state index in [1.54, 1.807) is 0 Å². The maximum atomic E-state index is 13.0. The molecule has 0 amide bonds. The molecule has 0 aliphatic rings. The van der Waals surface area contributed by atoms with Gasteiger partial charge in [-0.05, 0) is 28.1 Å². The van der Waals surface area contributed by atoms with Crippen LogP contribution in [0.5, 0.6) is 0 Å². The van der Waals surface area contributed by atoms with Crippen molar-refractivity contribution in [3.05, 3.63) is 40.4 Å². The summed E-state index contributed by atoms with van der Waals surface area (Å²) in [6.07, 6.45) is 1.10. The predicted molar refractivity (Wildman–Crippen MR) is 56.0 cm³/mol. The molecule has 16 heavy (non-hydrogen) atoms. The Bertz CT molecular complexity index is 555. The van der Waals surface area contributed by atoms with Crippen LogP contribution in [0.3, 0.4) is 0 Å². The van der Waals surface area contributed by atoms with Crippen LogP contribution in [-0.4, -0.2) is 26.1 Å². The number of hydrogen-bond acceptors (Lipinski definition) is 3. The molecular formula is C9H5BrFN3O2. The van der Waals surface area contributed by atoms with Gasteiger partial charge in [-0.3, -0.25) is 0 Å². The van der Waals surface area contributed by atoms with Crippen LogP contribution in [-0.2, 0) is 0 Å². The number of carboxylic acids is 1. The molecule has 82 valence electrons. The first-order chi connectivity index (χ1) is 7.59. The highest BCUT2D eigenvalue weighted by Crippen LogP contribution is 2.22. The molecule has 0 radical (unpaired) electrons. The molecule has 5 nitrogen and oxygen atoms in total. The van der Waals surface area contributed by atoms with Crippen LogP contribution < -0.4 is 0 Å². The summed E-state index contributed by atoms with van der Waals surface area (Å²) in [7, 11) is 0. The van der Waals surface area contributed by atoms with Crippen LogP contribution in [0.15, 0.2) is 28.9 Å². The largest absolute Gasteiger partial charge is 0.476 e. The molecular weight excluding hydrogens is 281 g/mol. The number of carbonyl (C=O) groups is 1. The Balaban J connectivity index is 2.62. The molecule has 0 bridgehead atoms. The first-order valence-electron chi connectivity index (χ1n) is 4.19. The Morgan fingerprint density at radius 3 is 2.94 bits per heavy atom. The summed E-state index contributed by atoms with van der Waals surface area (Å²) in [4.78, 5) is 10.8. The van der Waals surface area contributed by atoms with Gasteiger partial charge in [0.15, 0.2) is 5.69 Å². The fourth-order valence-corrected chi connectivity index (χ4v) is 1.62. The number of halogens is 2. The predicted octanol–water partition coefficient (Wildman–Crippen LogP) is 1.87. The molecule has 0 saturated carbocycles. The fraction of sp³-hybridized carbons (Fsp3) is 0. The molecule has 0 atom stereocenters. The first-order valence-corrected chi connectivity index (χ1v) is 4.98. The van der Waals surface area contributed by atoms with Crippen LogP contribution in [0.25, 0.3) is 5.69 Å². The average molecular weight is 286 g/mol. The topological polar surface area (TPSA) is 68.0 Å². The van der Waals surface area contributed by atoms with Crippen molar-refractivity contribution in [2.24, 2.45) is 0 Å². The van der Waals surface area contributed by atoms with Gasteiger partial charge in [0.25, 0.3) is 0 Å². The van der Waals surface area contributed by atoms with E-state index in [1.165, 1.54) is 18.2 Å². The fourth-order valence-electron chi connectivity index (χ4n) is 1.21. The van der Waals surface area contributed by atoms with Gasteiger partial charge in [-0.25, -0.2) is 13.9 Å². The molecule has 7 heteroatoms. The average Bonchev–Trinajstić information content (AvgIpc) is 2.70. The van der Waals surface area contributed by atoms with Gasteiger partial charge < -0.3 is 5.11 Å². The lowest BCUT2D eigenvalue weighted by atomic mass is 10.3.